The van der Waals surface area contributed by atoms with E-state index in [2.05, 4.69) is 5.32 Å². The fraction of sp³-hybridized carbons (Fsp3) is 0.480. The molecule has 2 N–H and O–H groups in total. The van der Waals surface area contributed by atoms with Crippen LogP contribution in [0.1, 0.15) is 38.5 Å². The van der Waals surface area contributed by atoms with Crippen molar-refractivity contribution >= 4 is 39.1 Å². The number of nitrogens with one attached hydrogen (secondary N) is 2. The zero-order valence-electron chi connectivity index (χ0n) is 21.3. The number of amides is 1. The second-order valence-corrected chi connectivity index (χ2v) is 12.4. The van der Waals surface area contributed by atoms with Crippen LogP contribution in [0.3, 0.4) is 0 Å². The lowest BCUT2D eigenvalue weighted by molar-refractivity contribution is -0.384. The zero-order chi connectivity index (χ0) is 27.9. The molecule has 1 saturated carbocycles. The molecule has 9 nitrogen and oxygen atoms in total. The molecule has 0 radical (unpaired) electrons. The molecule has 1 aliphatic rings. The predicted octanol–water partition coefficient (Wildman–Crippen LogP) is 4.74. The minimum absolute atomic E-state index is 0.0678. The van der Waals surface area contributed by atoms with Crippen LogP contribution >= 0.6 is 11.8 Å². The number of carbonyl (C=O) groups is 1. The van der Waals surface area contributed by atoms with Crippen LogP contribution in [0.15, 0.2) is 52.3 Å². The van der Waals surface area contributed by atoms with E-state index in [9.17, 15) is 32.1 Å². The number of nitrogens with zero attached hydrogens (tertiary/aromatic N) is 2. The Bertz CT molecular complexity index is 1240. The first-order valence-corrected chi connectivity index (χ1v) is 14.7. The van der Waals surface area contributed by atoms with Gasteiger partial charge in [-0.1, -0.05) is 6.42 Å². The molecule has 0 aromatic heterocycles. The third-order valence-corrected chi connectivity index (χ3v) is 8.81. The molecular formula is C25H32F2N4O5S2. The molecule has 0 aliphatic heterocycles. The van der Waals surface area contributed by atoms with Gasteiger partial charge in [0.05, 0.1) is 9.82 Å². The van der Waals surface area contributed by atoms with Crippen LogP contribution in [0.4, 0.5) is 20.2 Å². The first-order chi connectivity index (χ1) is 17.9. The molecule has 1 amide bonds. The molecule has 3 rings (SSSR count). The second kappa shape index (κ2) is 12.9. The number of halogens is 2. The molecule has 1 aliphatic carbocycles. The van der Waals surface area contributed by atoms with Gasteiger partial charge in [0.15, 0.2) is 5.67 Å². The maximum absolute atomic E-state index is 15.0. The van der Waals surface area contributed by atoms with Crippen molar-refractivity contribution in [2.24, 2.45) is 0 Å². The van der Waals surface area contributed by atoms with Gasteiger partial charge < -0.3 is 10.2 Å². The van der Waals surface area contributed by atoms with Crippen molar-refractivity contribution in [1.29, 1.82) is 0 Å². The zero-order valence-corrected chi connectivity index (χ0v) is 22.9. The number of benzene rings is 2. The van der Waals surface area contributed by atoms with Crippen LogP contribution in [0.2, 0.25) is 0 Å². The summed E-state index contributed by atoms with van der Waals surface area (Å²) in [6, 6.07) is 9.04. The molecule has 38 heavy (non-hydrogen) atoms. The van der Waals surface area contributed by atoms with Gasteiger partial charge in [-0.3, -0.25) is 14.9 Å². The highest BCUT2D eigenvalue weighted by Crippen LogP contribution is 2.33. The third kappa shape index (κ3) is 8.11. The Morgan fingerprint density at radius 2 is 1.82 bits per heavy atom. The maximum atomic E-state index is 15.0. The van der Waals surface area contributed by atoms with Gasteiger partial charge in [-0.25, -0.2) is 21.9 Å². The van der Waals surface area contributed by atoms with Gasteiger partial charge in [-0.2, -0.15) is 0 Å². The van der Waals surface area contributed by atoms with Crippen LogP contribution in [0.5, 0.6) is 0 Å². The third-order valence-electron chi connectivity index (χ3n) is 6.31. The first-order valence-electron chi connectivity index (χ1n) is 12.2. The van der Waals surface area contributed by atoms with Crippen molar-refractivity contribution in [3.8, 4) is 0 Å². The lowest BCUT2D eigenvalue weighted by Crippen LogP contribution is -2.46. The molecule has 0 heterocycles. The fourth-order valence-electron chi connectivity index (χ4n) is 4.12. The number of hydrogen-bond acceptors (Lipinski definition) is 8. The molecule has 2 aromatic rings. The summed E-state index contributed by atoms with van der Waals surface area (Å²) in [5.74, 6) is -1.09. The quantitative estimate of drug-likeness (QED) is 0.213. The molecule has 0 unspecified atom stereocenters. The van der Waals surface area contributed by atoms with Crippen LogP contribution in [0.25, 0.3) is 0 Å². The number of carbonyl (C=O) groups excluding carboxylic acids is 1. The Kier molecular flexibility index (Phi) is 10.1. The molecule has 2 aromatic carbocycles. The average molecular weight is 571 g/mol. The van der Waals surface area contributed by atoms with Gasteiger partial charge in [0.2, 0.25) is 0 Å². The number of alkyl halides is 1. The summed E-state index contributed by atoms with van der Waals surface area (Å²) in [6.07, 6.45) is 2.20. The van der Waals surface area contributed by atoms with Crippen molar-refractivity contribution < 1.29 is 26.9 Å². The largest absolute Gasteiger partial charge is 0.376 e. The van der Waals surface area contributed by atoms with Gasteiger partial charge in [0.25, 0.3) is 21.6 Å². The summed E-state index contributed by atoms with van der Waals surface area (Å²) >= 11 is 1.45. The number of hydrogen-bond donors (Lipinski definition) is 2. The highest BCUT2D eigenvalue weighted by atomic mass is 32.2. The summed E-state index contributed by atoms with van der Waals surface area (Å²) in [5.41, 5.74) is -2.66. The highest BCUT2D eigenvalue weighted by Gasteiger charge is 2.41. The maximum Gasteiger partial charge on any atom is 0.293 e. The van der Waals surface area contributed by atoms with E-state index in [1.165, 1.54) is 30.0 Å². The Hall–Kier alpha value is -2.77. The molecule has 208 valence electrons. The van der Waals surface area contributed by atoms with Crippen molar-refractivity contribution in [3.05, 3.63) is 58.4 Å². The van der Waals surface area contributed by atoms with E-state index < -0.39 is 37.1 Å². The number of anilines is 1. The van der Waals surface area contributed by atoms with E-state index in [4.69, 9.17) is 0 Å². The lowest BCUT2D eigenvalue weighted by Gasteiger charge is -2.27. The van der Waals surface area contributed by atoms with Gasteiger partial charge in [-0.05, 0) is 89.1 Å². The standard InChI is InChI=1S/C25H32F2N4O5S2/c1-30(2)15-12-19(17-37-20-8-6-18(26)7-9-20)28-22-11-10-21(16-23(22)31(33)34)38(35,36)29-24(32)25(27)13-4-3-5-14-25/h6-11,16,19,28H,3-5,12-15,17H2,1-2H3,(H,29,32)/t19-/m1/s1. The summed E-state index contributed by atoms with van der Waals surface area (Å²) in [5, 5.41) is 15.0. The summed E-state index contributed by atoms with van der Waals surface area (Å²) in [6.45, 7) is 0.679. The highest BCUT2D eigenvalue weighted by molar-refractivity contribution is 7.99. The normalized spacial score (nSPS) is 16.1. The van der Waals surface area contributed by atoms with E-state index in [0.717, 1.165) is 23.4 Å². The molecule has 1 fully saturated rings. The van der Waals surface area contributed by atoms with E-state index in [1.54, 1.807) is 16.9 Å². The molecule has 0 saturated heterocycles. The number of sulfonamides is 1. The molecular weight excluding hydrogens is 538 g/mol. The number of nitro groups is 1. The SMILES string of the molecule is CN(C)CC[C@H](CSc1ccc(F)cc1)Nc1ccc(S(=O)(=O)NC(=O)C2(F)CCCCC2)cc1[N+](=O)[O-]. The van der Waals surface area contributed by atoms with Crippen LogP contribution in [-0.2, 0) is 14.8 Å². The van der Waals surface area contributed by atoms with Crippen molar-refractivity contribution in [1.82, 2.24) is 9.62 Å². The Balaban J connectivity index is 1.79. The Morgan fingerprint density at radius 1 is 1.16 bits per heavy atom. The van der Waals surface area contributed by atoms with Crippen LogP contribution in [0, 0.1) is 15.9 Å². The van der Waals surface area contributed by atoms with E-state index >= 15 is 0 Å². The number of thioether (sulfide) groups is 1. The number of rotatable bonds is 12. The van der Waals surface area contributed by atoms with Crippen LogP contribution < -0.4 is 10.0 Å². The van der Waals surface area contributed by atoms with Gasteiger partial charge >= 0.3 is 0 Å². The first kappa shape index (κ1) is 29.8. The molecule has 0 spiro atoms. The minimum atomic E-state index is -4.53. The fourth-order valence-corrected chi connectivity index (χ4v) is 6.15. The van der Waals surface area contributed by atoms with Gasteiger partial charge in [0, 0.05) is 22.8 Å². The van der Waals surface area contributed by atoms with Crippen LogP contribution in [-0.4, -0.2) is 62.3 Å². The monoisotopic (exact) mass is 570 g/mol. The van der Waals surface area contributed by atoms with Crippen molar-refractivity contribution in [2.75, 3.05) is 31.7 Å². The Labute approximate surface area is 225 Å². The summed E-state index contributed by atoms with van der Waals surface area (Å²) in [4.78, 5) is 25.9. The lowest BCUT2D eigenvalue weighted by atomic mass is 9.86. The molecule has 0 bridgehead atoms. The minimum Gasteiger partial charge on any atom is -0.376 e. The Morgan fingerprint density at radius 3 is 2.42 bits per heavy atom. The number of nitro benzene ring substituents is 1. The summed E-state index contributed by atoms with van der Waals surface area (Å²) in [7, 11) is -0.736. The average Bonchev–Trinajstić information content (AvgIpc) is 2.86. The van der Waals surface area contributed by atoms with E-state index in [-0.39, 0.29) is 30.4 Å². The van der Waals surface area contributed by atoms with Gasteiger partial charge in [-0.15, -0.1) is 11.8 Å². The molecule has 13 heteroatoms. The van der Waals surface area contributed by atoms with Crippen molar-refractivity contribution in [2.45, 2.75) is 60.0 Å². The predicted molar refractivity (Wildman–Crippen MR) is 143 cm³/mol. The second-order valence-electron chi connectivity index (χ2n) is 9.59. The van der Waals surface area contributed by atoms with Gasteiger partial charge in [0.1, 0.15) is 11.5 Å². The summed E-state index contributed by atoms with van der Waals surface area (Å²) < 4.78 is 55.6. The molecule has 1 atom stereocenters. The topological polar surface area (TPSA) is 122 Å². The van der Waals surface area contributed by atoms with Crippen molar-refractivity contribution in [3.63, 3.8) is 0 Å². The van der Waals surface area contributed by atoms with E-state index in [0.29, 0.717) is 31.6 Å². The van der Waals surface area contributed by atoms with E-state index in [1.807, 2.05) is 19.0 Å². The smallest absolute Gasteiger partial charge is 0.293 e.